The fourth-order valence-electron chi connectivity index (χ4n) is 2.66. The summed E-state index contributed by atoms with van der Waals surface area (Å²) >= 11 is 16.1. The summed E-state index contributed by atoms with van der Waals surface area (Å²) in [6.07, 6.45) is 0. The highest BCUT2D eigenvalue weighted by molar-refractivity contribution is 9.10. The van der Waals surface area contributed by atoms with Crippen LogP contribution in [0.4, 0.5) is 5.69 Å². The van der Waals surface area contributed by atoms with Gasteiger partial charge in [-0.1, -0.05) is 63.4 Å². The van der Waals surface area contributed by atoms with Gasteiger partial charge in [0.25, 0.3) is 0 Å². The summed E-state index contributed by atoms with van der Waals surface area (Å²) in [4.78, 5) is 0. The van der Waals surface area contributed by atoms with E-state index in [-0.39, 0.29) is 0 Å². The SMILES string of the molecule is CCOc1cc(CNc2ccccc2Cl)cc(Cl)c1OCc1ccc(Br)cc1. The molecule has 0 aromatic heterocycles. The zero-order chi connectivity index (χ0) is 19.9. The monoisotopic (exact) mass is 479 g/mol. The summed E-state index contributed by atoms with van der Waals surface area (Å²) in [5.41, 5.74) is 2.89. The topological polar surface area (TPSA) is 30.5 Å². The van der Waals surface area contributed by atoms with E-state index in [1.807, 2.05) is 67.6 Å². The lowest BCUT2D eigenvalue weighted by molar-refractivity contribution is 0.269. The number of benzene rings is 3. The van der Waals surface area contributed by atoms with Gasteiger partial charge in [-0.15, -0.1) is 0 Å². The van der Waals surface area contributed by atoms with Gasteiger partial charge in [0.1, 0.15) is 6.61 Å². The molecule has 28 heavy (non-hydrogen) atoms. The molecule has 0 radical (unpaired) electrons. The summed E-state index contributed by atoms with van der Waals surface area (Å²) in [5.74, 6) is 1.18. The van der Waals surface area contributed by atoms with Crippen molar-refractivity contribution in [3.8, 4) is 11.5 Å². The van der Waals surface area contributed by atoms with Crippen molar-refractivity contribution in [1.82, 2.24) is 0 Å². The average molecular weight is 481 g/mol. The molecule has 0 bridgehead atoms. The van der Waals surface area contributed by atoms with E-state index in [2.05, 4.69) is 21.2 Å². The van der Waals surface area contributed by atoms with E-state index in [0.717, 1.165) is 21.3 Å². The van der Waals surface area contributed by atoms with Crippen molar-refractivity contribution in [3.63, 3.8) is 0 Å². The molecule has 0 heterocycles. The van der Waals surface area contributed by atoms with E-state index < -0.39 is 0 Å². The lowest BCUT2D eigenvalue weighted by Gasteiger charge is -2.16. The van der Waals surface area contributed by atoms with Crippen LogP contribution in [-0.2, 0) is 13.2 Å². The van der Waals surface area contributed by atoms with Crippen LogP contribution in [0.2, 0.25) is 10.0 Å². The van der Waals surface area contributed by atoms with Gasteiger partial charge in [-0.3, -0.25) is 0 Å². The first-order valence-corrected chi connectivity index (χ1v) is 10.4. The van der Waals surface area contributed by atoms with Gasteiger partial charge in [0.15, 0.2) is 11.5 Å². The van der Waals surface area contributed by atoms with Gasteiger partial charge in [0.2, 0.25) is 0 Å². The van der Waals surface area contributed by atoms with Gasteiger partial charge >= 0.3 is 0 Å². The van der Waals surface area contributed by atoms with Gasteiger partial charge in [-0.05, 0) is 54.4 Å². The lowest BCUT2D eigenvalue weighted by atomic mass is 10.2. The maximum absolute atomic E-state index is 6.51. The van der Waals surface area contributed by atoms with Crippen molar-refractivity contribution >= 4 is 44.8 Å². The van der Waals surface area contributed by atoms with Crippen LogP contribution >= 0.6 is 39.1 Å². The van der Waals surface area contributed by atoms with Gasteiger partial charge in [0.05, 0.1) is 22.3 Å². The highest BCUT2D eigenvalue weighted by Crippen LogP contribution is 2.37. The molecule has 0 spiro atoms. The van der Waals surface area contributed by atoms with E-state index in [1.165, 1.54) is 0 Å². The summed E-state index contributed by atoms with van der Waals surface area (Å²) in [6, 6.07) is 19.4. The molecular formula is C22H20BrCl2NO2. The molecule has 0 fully saturated rings. The van der Waals surface area contributed by atoms with Crippen molar-refractivity contribution < 1.29 is 9.47 Å². The highest BCUT2D eigenvalue weighted by Gasteiger charge is 2.13. The normalized spacial score (nSPS) is 10.6. The third-order valence-corrected chi connectivity index (χ3v) is 5.16. The van der Waals surface area contributed by atoms with Crippen LogP contribution in [0.15, 0.2) is 65.1 Å². The molecule has 3 aromatic rings. The van der Waals surface area contributed by atoms with Crippen molar-refractivity contribution in [2.24, 2.45) is 0 Å². The zero-order valence-corrected chi connectivity index (χ0v) is 18.4. The molecule has 0 saturated heterocycles. The summed E-state index contributed by atoms with van der Waals surface area (Å²) in [5, 5.41) is 4.50. The number of rotatable bonds is 8. The Kier molecular flexibility index (Phi) is 7.49. The lowest BCUT2D eigenvalue weighted by Crippen LogP contribution is -2.04. The number of anilines is 1. The summed E-state index contributed by atoms with van der Waals surface area (Å²) < 4.78 is 12.8. The van der Waals surface area contributed by atoms with Crippen LogP contribution in [0.25, 0.3) is 0 Å². The fraction of sp³-hybridized carbons (Fsp3) is 0.182. The van der Waals surface area contributed by atoms with Crippen molar-refractivity contribution in [2.45, 2.75) is 20.1 Å². The predicted molar refractivity (Wildman–Crippen MR) is 120 cm³/mol. The first kappa shape index (κ1) is 20.8. The second kappa shape index (κ2) is 10.1. The number of para-hydroxylation sites is 1. The zero-order valence-electron chi connectivity index (χ0n) is 15.3. The molecule has 0 amide bonds. The first-order chi connectivity index (χ1) is 13.6. The molecule has 6 heteroatoms. The predicted octanol–water partition coefficient (Wildman–Crippen LogP) is 7.35. The maximum Gasteiger partial charge on any atom is 0.180 e. The third-order valence-electron chi connectivity index (χ3n) is 4.02. The Morgan fingerprint density at radius 3 is 2.36 bits per heavy atom. The quantitative estimate of drug-likeness (QED) is 0.365. The number of halogens is 3. The molecule has 0 saturated carbocycles. The summed E-state index contributed by atoms with van der Waals surface area (Å²) in [6.45, 7) is 3.42. The molecule has 146 valence electrons. The molecule has 0 unspecified atom stereocenters. The first-order valence-electron chi connectivity index (χ1n) is 8.87. The minimum absolute atomic E-state index is 0.407. The Hall–Kier alpha value is -1.88. The van der Waals surface area contributed by atoms with Crippen LogP contribution in [-0.4, -0.2) is 6.61 Å². The van der Waals surface area contributed by atoms with Gasteiger partial charge in [0, 0.05) is 11.0 Å². The third kappa shape index (κ3) is 5.57. The Bertz CT molecular complexity index is 932. The van der Waals surface area contributed by atoms with E-state index in [1.54, 1.807) is 0 Å². The molecule has 0 aliphatic rings. The standard InChI is InChI=1S/C22H20BrCl2NO2/c1-2-27-21-12-16(13-26-20-6-4-3-5-18(20)24)11-19(25)22(21)28-14-15-7-9-17(23)10-8-15/h3-12,26H,2,13-14H2,1H3. The molecule has 0 atom stereocenters. The van der Waals surface area contributed by atoms with Crippen molar-refractivity contribution in [1.29, 1.82) is 0 Å². The number of hydrogen-bond acceptors (Lipinski definition) is 3. The summed E-state index contributed by atoms with van der Waals surface area (Å²) in [7, 11) is 0. The molecule has 1 N–H and O–H groups in total. The van der Waals surface area contributed by atoms with Crippen molar-refractivity contribution in [3.05, 3.63) is 86.3 Å². The van der Waals surface area contributed by atoms with Gasteiger partial charge < -0.3 is 14.8 Å². The van der Waals surface area contributed by atoms with Crippen LogP contribution in [0, 0.1) is 0 Å². The molecule has 3 rings (SSSR count). The molecule has 3 nitrogen and oxygen atoms in total. The number of ether oxygens (including phenoxy) is 2. The van der Waals surface area contributed by atoms with E-state index >= 15 is 0 Å². The largest absolute Gasteiger partial charge is 0.490 e. The van der Waals surface area contributed by atoms with E-state index in [9.17, 15) is 0 Å². The maximum atomic E-state index is 6.51. The molecular weight excluding hydrogens is 461 g/mol. The Morgan fingerprint density at radius 1 is 0.893 bits per heavy atom. The van der Waals surface area contributed by atoms with E-state index in [0.29, 0.717) is 41.3 Å². The molecule has 0 aliphatic carbocycles. The highest BCUT2D eigenvalue weighted by atomic mass is 79.9. The minimum Gasteiger partial charge on any atom is -0.490 e. The minimum atomic E-state index is 0.407. The van der Waals surface area contributed by atoms with E-state index in [4.69, 9.17) is 32.7 Å². The van der Waals surface area contributed by atoms with Crippen molar-refractivity contribution in [2.75, 3.05) is 11.9 Å². The van der Waals surface area contributed by atoms with Gasteiger partial charge in [-0.25, -0.2) is 0 Å². The number of nitrogens with one attached hydrogen (secondary N) is 1. The van der Waals surface area contributed by atoms with Crippen LogP contribution in [0.1, 0.15) is 18.1 Å². The fourth-order valence-corrected chi connectivity index (χ4v) is 3.42. The molecule has 3 aromatic carbocycles. The second-order valence-electron chi connectivity index (χ2n) is 6.09. The van der Waals surface area contributed by atoms with Crippen LogP contribution < -0.4 is 14.8 Å². The van der Waals surface area contributed by atoms with Crippen LogP contribution in [0.5, 0.6) is 11.5 Å². The number of hydrogen-bond donors (Lipinski definition) is 1. The Morgan fingerprint density at radius 2 is 1.64 bits per heavy atom. The molecule has 0 aliphatic heterocycles. The van der Waals surface area contributed by atoms with Gasteiger partial charge in [-0.2, -0.15) is 0 Å². The van der Waals surface area contributed by atoms with Crippen LogP contribution in [0.3, 0.4) is 0 Å². The average Bonchev–Trinajstić information content (AvgIpc) is 2.68. The smallest absolute Gasteiger partial charge is 0.180 e. The second-order valence-corrected chi connectivity index (χ2v) is 7.82. The Balaban J connectivity index is 1.75. The Labute approximate surface area is 183 Å².